The molecule has 2 aliphatic heterocycles. The average Bonchev–Trinajstić information content (AvgIpc) is 3.68. The Morgan fingerprint density at radius 1 is 1.09 bits per heavy atom. The highest BCUT2D eigenvalue weighted by molar-refractivity contribution is 6.32. The van der Waals surface area contributed by atoms with Crippen molar-refractivity contribution in [2.24, 2.45) is 13.0 Å². The molecular weight excluding hydrogens is 592 g/mol. The Kier molecular flexibility index (Phi) is 7.58. The van der Waals surface area contributed by atoms with Gasteiger partial charge in [0.25, 0.3) is 0 Å². The minimum absolute atomic E-state index is 0.226. The fraction of sp³-hybridized carbons (Fsp3) is 0.312. The van der Waals surface area contributed by atoms with Gasteiger partial charge < -0.3 is 20.1 Å². The Labute approximate surface area is 264 Å². The molecule has 45 heavy (non-hydrogen) atoms. The van der Waals surface area contributed by atoms with Gasteiger partial charge in [-0.3, -0.25) is 19.6 Å². The summed E-state index contributed by atoms with van der Waals surface area (Å²) in [7, 11) is 1.88. The molecule has 2 aromatic carbocycles. The minimum Gasteiger partial charge on any atom is -0.382 e. The van der Waals surface area contributed by atoms with E-state index in [0.717, 1.165) is 47.5 Å². The molecular formula is C32H33ClN10O2. The second kappa shape index (κ2) is 11.8. The maximum Gasteiger partial charge on any atom is 0.235 e. The van der Waals surface area contributed by atoms with E-state index in [1.54, 1.807) is 18.7 Å². The summed E-state index contributed by atoms with van der Waals surface area (Å²) >= 11 is 6.51. The molecule has 2 aliphatic rings. The van der Waals surface area contributed by atoms with E-state index in [4.69, 9.17) is 16.6 Å². The number of nitrogens with one attached hydrogen (secondary N) is 3. The quantitative estimate of drug-likeness (QED) is 0.218. The molecule has 0 aliphatic carbocycles. The number of anilines is 4. The van der Waals surface area contributed by atoms with Crippen LogP contribution in [0.1, 0.15) is 37.8 Å². The van der Waals surface area contributed by atoms with Gasteiger partial charge in [0.1, 0.15) is 5.02 Å². The third kappa shape index (κ3) is 5.80. The molecule has 230 valence electrons. The van der Waals surface area contributed by atoms with E-state index in [9.17, 15) is 9.59 Å². The number of rotatable bonds is 7. The first kappa shape index (κ1) is 28.8. The zero-order valence-corrected chi connectivity index (χ0v) is 25.7. The lowest BCUT2D eigenvalue weighted by atomic mass is 9.92. The number of aryl methyl sites for hydroxylation is 1. The topological polar surface area (TPSA) is 135 Å². The number of carbonyl (C=O) groups excluding carboxylic acids is 2. The Morgan fingerprint density at radius 3 is 2.78 bits per heavy atom. The highest BCUT2D eigenvalue weighted by atomic mass is 35.5. The molecule has 0 bridgehead atoms. The van der Waals surface area contributed by atoms with E-state index in [-0.39, 0.29) is 17.9 Å². The minimum atomic E-state index is -0.423. The van der Waals surface area contributed by atoms with E-state index < -0.39 is 5.92 Å². The van der Waals surface area contributed by atoms with Crippen LogP contribution >= 0.6 is 11.6 Å². The van der Waals surface area contributed by atoms with Crippen molar-refractivity contribution in [1.29, 1.82) is 0 Å². The molecule has 5 heterocycles. The van der Waals surface area contributed by atoms with E-state index in [0.29, 0.717) is 41.2 Å². The molecule has 0 spiro atoms. The maximum atomic E-state index is 12.5. The zero-order valence-electron chi connectivity index (χ0n) is 24.9. The van der Waals surface area contributed by atoms with Gasteiger partial charge in [0.2, 0.25) is 17.8 Å². The van der Waals surface area contributed by atoms with Gasteiger partial charge in [-0.05, 0) is 55.2 Å². The second-order valence-corrected chi connectivity index (χ2v) is 12.1. The second-order valence-electron chi connectivity index (χ2n) is 11.7. The monoisotopic (exact) mass is 624 g/mol. The van der Waals surface area contributed by atoms with Crippen LogP contribution in [0, 0.1) is 5.92 Å². The molecule has 1 unspecified atom stereocenters. The third-order valence-corrected chi connectivity index (χ3v) is 8.91. The Balaban J connectivity index is 1.03. The average molecular weight is 625 g/mol. The number of hydrogen-bond donors (Lipinski definition) is 3. The number of hydrogen-bond acceptors (Lipinski definition) is 9. The van der Waals surface area contributed by atoms with Crippen LogP contribution in [0.4, 0.5) is 23.1 Å². The van der Waals surface area contributed by atoms with Gasteiger partial charge in [0.05, 0.1) is 29.7 Å². The van der Waals surface area contributed by atoms with Crippen molar-refractivity contribution in [3.63, 3.8) is 0 Å². The van der Waals surface area contributed by atoms with Crippen LogP contribution in [0.15, 0.2) is 67.4 Å². The molecule has 2 saturated heterocycles. The summed E-state index contributed by atoms with van der Waals surface area (Å²) in [5.41, 5.74) is 4.49. The molecule has 3 N–H and O–H groups in total. The zero-order chi connectivity index (χ0) is 31.1. The number of imide groups is 1. The van der Waals surface area contributed by atoms with E-state index in [1.807, 2.05) is 58.9 Å². The van der Waals surface area contributed by atoms with Crippen molar-refractivity contribution < 1.29 is 9.59 Å². The van der Waals surface area contributed by atoms with Gasteiger partial charge in [-0.25, -0.2) is 9.97 Å². The van der Waals surface area contributed by atoms with Crippen LogP contribution < -0.4 is 20.9 Å². The third-order valence-electron chi connectivity index (χ3n) is 8.63. The molecule has 2 fully saturated rings. The van der Waals surface area contributed by atoms with Crippen LogP contribution in [-0.2, 0) is 16.6 Å². The molecule has 3 atom stereocenters. The lowest BCUT2D eigenvalue weighted by Crippen LogP contribution is -2.46. The van der Waals surface area contributed by atoms with Crippen molar-refractivity contribution >= 4 is 57.5 Å². The van der Waals surface area contributed by atoms with Crippen LogP contribution in [0.3, 0.4) is 0 Å². The van der Waals surface area contributed by atoms with Gasteiger partial charge in [0, 0.05) is 67.4 Å². The lowest BCUT2D eigenvalue weighted by molar-refractivity contribution is -0.134. The van der Waals surface area contributed by atoms with Crippen LogP contribution in [0.2, 0.25) is 5.02 Å². The predicted octanol–water partition coefficient (Wildman–Crippen LogP) is 4.79. The van der Waals surface area contributed by atoms with Gasteiger partial charge in [-0.1, -0.05) is 24.6 Å². The summed E-state index contributed by atoms with van der Waals surface area (Å²) in [6, 6.07) is 14.3. The van der Waals surface area contributed by atoms with Crippen molar-refractivity contribution in [1.82, 2.24) is 34.6 Å². The Bertz CT molecular complexity index is 1890. The molecule has 0 saturated carbocycles. The van der Waals surface area contributed by atoms with Gasteiger partial charge in [-0.15, -0.1) is 0 Å². The largest absolute Gasteiger partial charge is 0.382 e. The van der Waals surface area contributed by atoms with Gasteiger partial charge in [0.15, 0.2) is 5.82 Å². The highest BCUT2D eigenvalue weighted by Gasteiger charge is 2.32. The van der Waals surface area contributed by atoms with Crippen molar-refractivity contribution in [3.8, 4) is 5.69 Å². The fourth-order valence-electron chi connectivity index (χ4n) is 6.23. The van der Waals surface area contributed by atoms with Crippen molar-refractivity contribution in [3.05, 3.63) is 78.1 Å². The van der Waals surface area contributed by atoms with Gasteiger partial charge in [-0.2, -0.15) is 10.1 Å². The Morgan fingerprint density at radius 2 is 1.98 bits per heavy atom. The molecule has 2 amide bonds. The first-order valence-corrected chi connectivity index (χ1v) is 15.4. The smallest absolute Gasteiger partial charge is 0.235 e. The number of carbonyl (C=O) groups is 2. The SMILES string of the molecule is C[C@@H]1CN(c2ncc(Cl)c(Nc3cccc(-n4ccnc4)c3)n2)CC[C@H]1Nc1ccc2c(C3CCC(=O)NC3=O)nn(C)c2c1. The number of aromatic nitrogens is 6. The van der Waals surface area contributed by atoms with E-state index in [1.165, 1.54) is 0 Å². The fourth-order valence-corrected chi connectivity index (χ4v) is 6.37. The lowest BCUT2D eigenvalue weighted by Gasteiger charge is -2.37. The predicted molar refractivity (Wildman–Crippen MR) is 173 cm³/mol. The first-order chi connectivity index (χ1) is 21.8. The van der Waals surface area contributed by atoms with Crippen molar-refractivity contribution in [2.75, 3.05) is 28.6 Å². The molecule has 13 heteroatoms. The Hall–Kier alpha value is -4.97. The summed E-state index contributed by atoms with van der Waals surface area (Å²) < 4.78 is 3.74. The van der Waals surface area contributed by atoms with Crippen LogP contribution in [0.5, 0.6) is 0 Å². The maximum absolute atomic E-state index is 12.5. The highest BCUT2D eigenvalue weighted by Crippen LogP contribution is 2.33. The van der Waals surface area contributed by atoms with Crippen LogP contribution in [-0.4, -0.2) is 60.2 Å². The number of benzene rings is 2. The number of halogens is 1. The number of imidazole rings is 1. The molecule has 5 aromatic rings. The summed E-state index contributed by atoms with van der Waals surface area (Å²) in [6.45, 7) is 3.79. The van der Waals surface area contributed by atoms with E-state index in [2.05, 4.69) is 48.9 Å². The first-order valence-electron chi connectivity index (χ1n) is 15.0. The van der Waals surface area contributed by atoms with E-state index >= 15 is 0 Å². The molecule has 3 aromatic heterocycles. The number of nitrogens with zero attached hydrogens (tertiary/aromatic N) is 7. The molecule has 12 nitrogen and oxygen atoms in total. The number of piperidine rings is 2. The summed E-state index contributed by atoms with van der Waals surface area (Å²) in [5.74, 6) is 0.571. The summed E-state index contributed by atoms with van der Waals surface area (Å²) in [5, 5.41) is 15.6. The van der Waals surface area contributed by atoms with Crippen molar-refractivity contribution in [2.45, 2.75) is 38.1 Å². The molecule has 7 rings (SSSR count). The van der Waals surface area contributed by atoms with Crippen LogP contribution in [0.25, 0.3) is 16.6 Å². The summed E-state index contributed by atoms with van der Waals surface area (Å²) in [4.78, 5) is 39.8. The standard InChI is InChI=1S/C32H33ClN10O2/c1-19-17-42(32-35-16-25(33)30(39-32)37-20-4-3-5-22(14-20)43-13-11-34-18-43)12-10-26(19)36-21-6-7-23-27(15-21)41(2)40-29(23)24-8-9-28(44)38-31(24)45/h3-7,11,13-16,18-19,24,26,36H,8-10,12,17H2,1-2H3,(H,35,37,39)(H,38,44,45)/t19-,24?,26-/m1/s1. The number of amides is 2. The number of fused-ring (bicyclic) bond motifs is 1. The summed E-state index contributed by atoms with van der Waals surface area (Å²) in [6.07, 6.45) is 8.73. The molecule has 0 radical (unpaired) electrons. The normalized spacial score (nSPS) is 20.3. The van der Waals surface area contributed by atoms with Gasteiger partial charge >= 0.3 is 0 Å².